The summed E-state index contributed by atoms with van der Waals surface area (Å²) in [5.41, 5.74) is 1.45. The summed E-state index contributed by atoms with van der Waals surface area (Å²) in [5.74, 6) is 0.940. The van der Waals surface area contributed by atoms with Gasteiger partial charge in [-0.1, -0.05) is 5.16 Å². The van der Waals surface area contributed by atoms with Crippen molar-refractivity contribution in [3.8, 4) is 0 Å². The Hall–Kier alpha value is -1.89. The van der Waals surface area contributed by atoms with Gasteiger partial charge in [0.15, 0.2) is 0 Å². The largest absolute Gasteiger partial charge is 0.361 e. The van der Waals surface area contributed by atoms with Gasteiger partial charge < -0.3 is 19.2 Å². The Balaban J connectivity index is 1.42. The highest BCUT2D eigenvalue weighted by atomic mass is 16.5. The van der Waals surface area contributed by atoms with Gasteiger partial charge >= 0.3 is 0 Å². The van der Waals surface area contributed by atoms with E-state index in [2.05, 4.69) is 22.0 Å². The molecule has 3 saturated heterocycles. The Morgan fingerprint density at radius 1 is 1.19 bits per heavy atom. The third kappa shape index (κ3) is 3.37. The summed E-state index contributed by atoms with van der Waals surface area (Å²) in [6.45, 7) is 8.02. The molecule has 0 saturated carbocycles. The molecule has 3 fully saturated rings. The molecule has 1 unspecified atom stereocenters. The van der Waals surface area contributed by atoms with E-state index in [0.29, 0.717) is 35.4 Å². The van der Waals surface area contributed by atoms with Gasteiger partial charge in [0.2, 0.25) is 5.91 Å². The SMILES string of the molecule is Cc1noc(C)c1C(=O)N1CCC2(CCC(=O)N(C3CCN(C)C3)C2)CC1. The average Bonchev–Trinajstić information content (AvgIpc) is 3.23. The van der Waals surface area contributed by atoms with E-state index < -0.39 is 0 Å². The molecular weight excluding hydrogens is 344 g/mol. The molecule has 0 aromatic carbocycles. The lowest BCUT2D eigenvalue weighted by atomic mass is 9.72. The molecule has 0 N–H and O–H groups in total. The normalized spacial score (nSPS) is 26.2. The number of hydrogen-bond donors (Lipinski definition) is 0. The number of rotatable bonds is 2. The molecule has 3 aliphatic rings. The van der Waals surface area contributed by atoms with Crippen LogP contribution in [0.25, 0.3) is 0 Å². The van der Waals surface area contributed by atoms with Crippen LogP contribution in [0.4, 0.5) is 0 Å². The lowest BCUT2D eigenvalue weighted by Gasteiger charge is -2.49. The summed E-state index contributed by atoms with van der Waals surface area (Å²) in [7, 11) is 2.13. The fourth-order valence-corrected chi connectivity index (χ4v) is 5.08. The lowest BCUT2D eigenvalue weighted by molar-refractivity contribution is -0.141. The molecule has 1 spiro atoms. The van der Waals surface area contributed by atoms with Gasteiger partial charge in [-0.15, -0.1) is 0 Å². The second kappa shape index (κ2) is 6.93. The maximum atomic E-state index is 12.9. The molecular formula is C20H30N4O3. The molecule has 1 atom stereocenters. The number of nitrogens with zero attached hydrogens (tertiary/aromatic N) is 4. The molecule has 0 radical (unpaired) electrons. The van der Waals surface area contributed by atoms with Crippen molar-refractivity contribution < 1.29 is 14.1 Å². The molecule has 148 valence electrons. The number of likely N-dealkylation sites (N-methyl/N-ethyl adjacent to an activating group) is 1. The zero-order valence-electron chi connectivity index (χ0n) is 16.7. The van der Waals surface area contributed by atoms with E-state index in [1.54, 1.807) is 6.92 Å². The molecule has 3 aliphatic heterocycles. The van der Waals surface area contributed by atoms with Gasteiger partial charge in [-0.25, -0.2) is 0 Å². The van der Waals surface area contributed by atoms with Crippen LogP contribution in [0.15, 0.2) is 4.52 Å². The highest BCUT2D eigenvalue weighted by molar-refractivity contribution is 5.96. The van der Waals surface area contributed by atoms with Crippen molar-refractivity contribution in [3.05, 3.63) is 17.0 Å². The van der Waals surface area contributed by atoms with Crippen molar-refractivity contribution in [1.29, 1.82) is 0 Å². The minimum Gasteiger partial charge on any atom is -0.361 e. The van der Waals surface area contributed by atoms with Crippen molar-refractivity contribution in [2.75, 3.05) is 39.8 Å². The molecule has 4 rings (SSSR count). The Labute approximate surface area is 160 Å². The fraction of sp³-hybridized carbons (Fsp3) is 0.750. The maximum Gasteiger partial charge on any atom is 0.259 e. The molecule has 1 aromatic heterocycles. The van der Waals surface area contributed by atoms with Gasteiger partial charge in [-0.05, 0) is 58.5 Å². The number of carbonyl (C=O) groups excluding carboxylic acids is 2. The number of hydrogen-bond acceptors (Lipinski definition) is 5. The first-order chi connectivity index (χ1) is 12.9. The molecule has 4 heterocycles. The first kappa shape index (κ1) is 18.5. The summed E-state index contributed by atoms with van der Waals surface area (Å²) in [5, 5.41) is 3.91. The van der Waals surface area contributed by atoms with E-state index in [1.807, 2.05) is 11.8 Å². The molecule has 27 heavy (non-hydrogen) atoms. The first-order valence-electron chi connectivity index (χ1n) is 10.1. The topological polar surface area (TPSA) is 69.9 Å². The second-order valence-corrected chi connectivity index (χ2v) is 8.72. The van der Waals surface area contributed by atoms with Crippen LogP contribution in [0, 0.1) is 19.3 Å². The van der Waals surface area contributed by atoms with Crippen LogP contribution < -0.4 is 0 Å². The predicted octanol–water partition coefficient (Wildman–Crippen LogP) is 1.84. The maximum absolute atomic E-state index is 12.9. The van der Waals surface area contributed by atoms with Gasteiger partial charge in [-0.2, -0.15) is 0 Å². The lowest BCUT2D eigenvalue weighted by Crippen LogP contribution is -2.55. The Bertz CT molecular complexity index is 716. The van der Waals surface area contributed by atoms with Crippen molar-refractivity contribution >= 4 is 11.8 Å². The zero-order chi connectivity index (χ0) is 19.2. The minimum absolute atomic E-state index is 0.0299. The number of carbonyl (C=O) groups is 2. The Morgan fingerprint density at radius 3 is 2.52 bits per heavy atom. The van der Waals surface area contributed by atoms with E-state index >= 15 is 0 Å². The third-order valence-corrected chi connectivity index (χ3v) is 6.86. The van der Waals surface area contributed by atoms with Gasteiger partial charge in [0.05, 0.1) is 5.69 Å². The van der Waals surface area contributed by atoms with E-state index in [1.165, 1.54) is 0 Å². The van der Waals surface area contributed by atoms with Crippen molar-refractivity contribution in [2.45, 2.75) is 52.0 Å². The van der Waals surface area contributed by atoms with Crippen molar-refractivity contribution in [1.82, 2.24) is 19.9 Å². The summed E-state index contributed by atoms with van der Waals surface area (Å²) >= 11 is 0. The Kier molecular flexibility index (Phi) is 4.74. The van der Waals surface area contributed by atoms with Crippen molar-refractivity contribution in [2.24, 2.45) is 5.41 Å². The quantitative estimate of drug-likeness (QED) is 0.790. The Morgan fingerprint density at radius 2 is 1.93 bits per heavy atom. The van der Waals surface area contributed by atoms with Crippen LogP contribution in [0.5, 0.6) is 0 Å². The smallest absolute Gasteiger partial charge is 0.259 e. The van der Waals surface area contributed by atoms with Crippen LogP contribution >= 0.6 is 0 Å². The summed E-state index contributed by atoms with van der Waals surface area (Å²) in [4.78, 5) is 31.8. The minimum atomic E-state index is 0.0299. The van der Waals surface area contributed by atoms with E-state index in [9.17, 15) is 9.59 Å². The monoisotopic (exact) mass is 374 g/mol. The predicted molar refractivity (Wildman–Crippen MR) is 100 cm³/mol. The first-order valence-corrected chi connectivity index (χ1v) is 10.1. The molecule has 0 aliphatic carbocycles. The average molecular weight is 374 g/mol. The third-order valence-electron chi connectivity index (χ3n) is 6.86. The highest BCUT2D eigenvalue weighted by Crippen LogP contribution is 2.41. The van der Waals surface area contributed by atoms with Crippen LogP contribution in [0.1, 0.15) is 53.9 Å². The van der Waals surface area contributed by atoms with Crippen LogP contribution in [-0.2, 0) is 4.79 Å². The number of amides is 2. The summed E-state index contributed by atoms with van der Waals surface area (Å²) in [6, 6.07) is 0.363. The summed E-state index contributed by atoms with van der Waals surface area (Å²) < 4.78 is 5.16. The van der Waals surface area contributed by atoms with Gasteiger partial charge in [-0.3, -0.25) is 9.59 Å². The number of aryl methyl sites for hydroxylation is 2. The van der Waals surface area contributed by atoms with Crippen LogP contribution in [0.2, 0.25) is 0 Å². The molecule has 2 amide bonds. The zero-order valence-corrected chi connectivity index (χ0v) is 16.7. The van der Waals surface area contributed by atoms with E-state index in [0.717, 1.165) is 58.4 Å². The fourth-order valence-electron chi connectivity index (χ4n) is 5.08. The van der Waals surface area contributed by atoms with E-state index in [-0.39, 0.29) is 11.3 Å². The van der Waals surface area contributed by atoms with Crippen molar-refractivity contribution in [3.63, 3.8) is 0 Å². The standard InChI is InChI=1S/C20H30N4O3/c1-14-18(15(2)27-21-14)19(26)23-10-7-20(8-11-23)6-4-17(25)24(13-20)16-5-9-22(3)12-16/h16H,4-13H2,1-3H3. The molecule has 0 bridgehead atoms. The summed E-state index contributed by atoms with van der Waals surface area (Å²) in [6.07, 6.45) is 4.62. The van der Waals surface area contributed by atoms with Gasteiger partial charge in [0.1, 0.15) is 11.3 Å². The van der Waals surface area contributed by atoms with Gasteiger partial charge in [0, 0.05) is 38.6 Å². The number of likely N-dealkylation sites (tertiary alicyclic amines) is 3. The molecule has 7 nitrogen and oxygen atoms in total. The number of piperidine rings is 2. The second-order valence-electron chi connectivity index (χ2n) is 8.72. The number of aromatic nitrogens is 1. The van der Waals surface area contributed by atoms with Crippen LogP contribution in [-0.4, -0.2) is 77.5 Å². The highest BCUT2D eigenvalue weighted by Gasteiger charge is 2.44. The van der Waals surface area contributed by atoms with E-state index in [4.69, 9.17) is 4.52 Å². The molecule has 7 heteroatoms. The molecule has 1 aromatic rings. The van der Waals surface area contributed by atoms with Crippen LogP contribution in [0.3, 0.4) is 0 Å². The van der Waals surface area contributed by atoms with Gasteiger partial charge in [0.25, 0.3) is 5.91 Å².